The Morgan fingerprint density at radius 2 is 1.19 bits per heavy atom. The van der Waals surface area contributed by atoms with Gasteiger partial charge in [0.25, 0.3) is 0 Å². The maximum Gasteiger partial charge on any atom is 0.162 e. The number of aliphatic imine (C=N–C) groups is 2. The van der Waals surface area contributed by atoms with E-state index >= 15 is 0 Å². The van der Waals surface area contributed by atoms with Crippen molar-refractivity contribution in [3.8, 4) is 5.69 Å². The maximum atomic E-state index is 7.05. The summed E-state index contributed by atoms with van der Waals surface area (Å²) in [5.74, 6) is 2.06. The zero-order valence-electron chi connectivity index (χ0n) is 35.1. The van der Waals surface area contributed by atoms with Crippen LogP contribution < -0.4 is 0 Å². The van der Waals surface area contributed by atoms with E-state index in [9.17, 15) is 0 Å². The SMILES string of the molecule is CC1C/C=C(\n2c3ccccc3c3ccccc32)N=C(c2ccc(-n3c4ccccc4c4cc5ccccc5cc43)c3oc4ccccc4c23)N=C1c1ccc2c(c1)C(C)CC=C2. The van der Waals surface area contributed by atoms with E-state index < -0.39 is 0 Å². The first kappa shape index (κ1) is 35.9. The second kappa shape index (κ2) is 13.9. The normalized spacial score (nSPS) is 17.7. The Hall–Kier alpha value is -7.76. The number of rotatable bonds is 4. The molecule has 1 aliphatic heterocycles. The van der Waals surface area contributed by atoms with E-state index in [1.807, 2.05) is 0 Å². The highest BCUT2D eigenvalue weighted by Gasteiger charge is 2.26. The molecule has 300 valence electrons. The van der Waals surface area contributed by atoms with E-state index in [0.717, 1.165) is 85.2 Å². The Morgan fingerprint density at radius 1 is 0.540 bits per heavy atom. The minimum absolute atomic E-state index is 0.106. The summed E-state index contributed by atoms with van der Waals surface area (Å²) in [4.78, 5) is 11.5. The smallest absolute Gasteiger partial charge is 0.162 e. The molecule has 1 aliphatic carbocycles. The van der Waals surface area contributed by atoms with Crippen LogP contribution in [0.1, 0.15) is 54.9 Å². The van der Waals surface area contributed by atoms with Crippen LogP contribution in [0.5, 0.6) is 0 Å². The third kappa shape index (κ3) is 5.49. The molecule has 4 heterocycles. The molecule has 0 bridgehead atoms. The Balaban J connectivity index is 1.11. The molecular weight excluding hydrogens is 769 g/mol. The summed E-state index contributed by atoms with van der Waals surface area (Å²) in [7, 11) is 0. The molecule has 3 aromatic heterocycles. The molecule has 0 radical (unpaired) electrons. The van der Waals surface area contributed by atoms with Gasteiger partial charge in [-0.25, -0.2) is 9.98 Å². The van der Waals surface area contributed by atoms with Gasteiger partial charge in [0.15, 0.2) is 11.4 Å². The molecule has 0 spiro atoms. The lowest BCUT2D eigenvalue weighted by Crippen LogP contribution is -2.18. The summed E-state index contributed by atoms with van der Waals surface area (Å²) >= 11 is 0. The minimum atomic E-state index is 0.106. The topological polar surface area (TPSA) is 47.7 Å². The van der Waals surface area contributed by atoms with E-state index in [0.29, 0.717) is 11.8 Å². The van der Waals surface area contributed by atoms with Crippen molar-refractivity contribution in [3.63, 3.8) is 0 Å². The Morgan fingerprint density at radius 3 is 1.95 bits per heavy atom. The molecule has 63 heavy (non-hydrogen) atoms. The van der Waals surface area contributed by atoms with Crippen molar-refractivity contribution in [1.29, 1.82) is 0 Å². The third-order valence-electron chi connectivity index (χ3n) is 13.6. The van der Waals surface area contributed by atoms with Gasteiger partial charge in [-0.3, -0.25) is 4.57 Å². The molecule has 0 fully saturated rings. The van der Waals surface area contributed by atoms with E-state index in [-0.39, 0.29) is 5.92 Å². The Bertz CT molecular complexity index is 3790. The lowest BCUT2D eigenvalue weighted by atomic mass is 9.85. The van der Waals surface area contributed by atoms with Crippen LogP contribution in [0.2, 0.25) is 0 Å². The first-order chi connectivity index (χ1) is 31.1. The molecule has 11 aromatic rings. The van der Waals surface area contributed by atoms with Crippen molar-refractivity contribution in [2.75, 3.05) is 0 Å². The predicted octanol–water partition coefficient (Wildman–Crippen LogP) is 15.2. The highest BCUT2D eigenvalue weighted by atomic mass is 16.3. The molecule has 2 aliphatic rings. The number of hydrogen-bond donors (Lipinski definition) is 0. The number of hydrogen-bond acceptors (Lipinski definition) is 3. The number of aromatic nitrogens is 2. The summed E-state index contributed by atoms with van der Waals surface area (Å²) in [5.41, 5.74) is 12.9. The van der Waals surface area contributed by atoms with Crippen molar-refractivity contribution in [3.05, 3.63) is 198 Å². The third-order valence-corrected chi connectivity index (χ3v) is 13.6. The zero-order chi connectivity index (χ0) is 41.8. The molecule has 0 saturated heterocycles. The average molecular weight is 811 g/mol. The monoisotopic (exact) mass is 810 g/mol. The summed E-state index contributed by atoms with van der Waals surface area (Å²) < 4.78 is 11.8. The average Bonchev–Trinajstić information content (AvgIpc) is 3.98. The van der Waals surface area contributed by atoms with Crippen molar-refractivity contribution in [1.82, 2.24) is 9.13 Å². The lowest BCUT2D eigenvalue weighted by molar-refractivity contribution is 0.666. The zero-order valence-corrected chi connectivity index (χ0v) is 35.1. The fraction of sp³-hybridized carbons (Fsp3) is 0.103. The molecule has 2 unspecified atom stereocenters. The molecule has 2 atom stereocenters. The first-order valence-electron chi connectivity index (χ1n) is 22.1. The predicted molar refractivity (Wildman–Crippen MR) is 265 cm³/mol. The molecule has 0 amide bonds. The van der Waals surface area contributed by atoms with Crippen LogP contribution in [0.3, 0.4) is 0 Å². The largest absolute Gasteiger partial charge is 0.454 e. The van der Waals surface area contributed by atoms with Gasteiger partial charge in [-0.05, 0) is 107 Å². The molecule has 0 N–H and O–H groups in total. The van der Waals surface area contributed by atoms with Crippen molar-refractivity contribution < 1.29 is 4.42 Å². The molecule has 5 nitrogen and oxygen atoms in total. The fourth-order valence-electron chi connectivity index (χ4n) is 10.5. The van der Waals surface area contributed by atoms with Gasteiger partial charge >= 0.3 is 0 Å². The summed E-state index contributed by atoms with van der Waals surface area (Å²) in [6.07, 6.45) is 8.70. The maximum absolute atomic E-state index is 7.05. The molecular formula is C58H42N4O. The van der Waals surface area contributed by atoms with Crippen LogP contribution in [0.4, 0.5) is 0 Å². The molecule has 13 rings (SSSR count). The number of para-hydroxylation sites is 4. The molecule has 5 heteroatoms. The van der Waals surface area contributed by atoms with Gasteiger partial charge in [0, 0.05) is 43.8 Å². The number of amidine groups is 1. The summed E-state index contributed by atoms with van der Waals surface area (Å²) in [5, 5.41) is 9.26. The van der Waals surface area contributed by atoms with Crippen molar-refractivity contribution in [2.24, 2.45) is 15.9 Å². The van der Waals surface area contributed by atoms with Gasteiger partial charge in [-0.2, -0.15) is 0 Å². The van der Waals surface area contributed by atoms with Gasteiger partial charge < -0.3 is 8.98 Å². The van der Waals surface area contributed by atoms with E-state index in [1.54, 1.807) is 0 Å². The number of fused-ring (bicyclic) bond motifs is 11. The second-order valence-corrected chi connectivity index (χ2v) is 17.4. The Labute approximate surface area is 364 Å². The quantitative estimate of drug-likeness (QED) is 0.175. The van der Waals surface area contributed by atoms with E-state index in [1.165, 1.54) is 43.4 Å². The van der Waals surface area contributed by atoms with Crippen molar-refractivity contribution in [2.45, 2.75) is 32.6 Å². The van der Waals surface area contributed by atoms with Gasteiger partial charge in [0.1, 0.15) is 11.4 Å². The fourth-order valence-corrected chi connectivity index (χ4v) is 10.5. The van der Waals surface area contributed by atoms with E-state index in [2.05, 4.69) is 205 Å². The lowest BCUT2D eigenvalue weighted by Gasteiger charge is -2.22. The van der Waals surface area contributed by atoms with Gasteiger partial charge in [-0.15, -0.1) is 0 Å². The van der Waals surface area contributed by atoms with Crippen LogP contribution in [0.15, 0.2) is 190 Å². The highest BCUT2D eigenvalue weighted by molar-refractivity contribution is 6.24. The van der Waals surface area contributed by atoms with Gasteiger partial charge in [0.2, 0.25) is 0 Å². The second-order valence-electron chi connectivity index (χ2n) is 17.4. The number of furan rings is 1. The first-order valence-corrected chi connectivity index (χ1v) is 22.1. The van der Waals surface area contributed by atoms with Gasteiger partial charge in [-0.1, -0.05) is 135 Å². The van der Waals surface area contributed by atoms with Crippen LogP contribution >= 0.6 is 0 Å². The standard InChI is InChI=1S/C58H42N4O/c1-35-14-13-17-37-27-28-40(33-46(35)37)56-36(2)26-31-54(62-49-23-10-5-18-41(49)42-19-6-11-24-50(42)62)59-58(60-56)45-29-30-51(57-55(45)44-21-8-12-25-53(44)63-57)61-48-22-9-7-20-43(48)47-32-38-15-3-4-16-39(38)34-52(47)61/h3-13,15-25,27-36H,14,26H2,1-2H3/b54-31-,59-58?,60-56?. The summed E-state index contributed by atoms with van der Waals surface area (Å²) in [6.45, 7) is 4.63. The minimum Gasteiger partial charge on any atom is -0.454 e. The van der Waals surface area contributed by atoms with Crippen LogP contribution in [-0.4, -0.2) is 20.7 Å². The van der Waals surface area contributed by atoms with Crippen LogP contribution in [-0.2, 0) is 0 Å². The highest BCUT2D eigenvalue weighted by Crippen LogP contribution is 2.42. The van der Waals surface area contributed by atoms with E-state index in [4.69, 9.17) is 14.4 Å². The summed E-state index contributed by atoms with van der Waals surface area (Å²) in [6, 6.07) is 59.1. The van der Waals surface area contributed by atoms with Crippen molar-refractivity contribution >= 4 is 99.8 Å². The van der Waals surface area contributed by atoms with Gasteiger partial charge in [0.05, 0.1) is 33.5 Å². The molecule has 0 saturated carbocycles. The Kier molecular flexibility index (Phi) is 7.92. The molecule has 8 aromatic carbocycles. The van der Waals surface area contributed by atoms with Crippen LogP contribution in [0.25, 0.3) is 93.9 Å². The van der Waals surface area contributed by atoms with Crippen LogP contribution in [0, 0.1) is 5.92 Å². The number of nitrogens with zero attached hydrogens (tertiary/aromatic N) is 4. The number of benzene rings is 8. The number of allylic oxidation sites excluding steroid dienone is 2.